The number of thiazole rings is 1. The van der Waals surface area contributed by atoms with Crippen molar-refractivity contribution in [2.45, 2.75) is 44.6 Å². The first-order chi connectivity index (χ1) is 8.99. The van der Waals surface area contributed by atoms with Gasteiger partial charge in [0.1, 0.15) is 11.1 Å². The molecule has 2 nitrogen and oxygen atoms in total. The maximum atomic E-state index is 10.5. The molecule has 100 valence electrons. The van der Waals surface area contributed by atoms with Gasteiger partial charge < -0.3 is 5.11 Å². The van der Waals surface area contributed by atoms with Crippen LogP contribution in [0.2, 0.25) is 0 Å². The summed E-state index contributed by atoms with van der Waals surface area (Å²) >= 11 is 1.67. The second-order valence-electron chi connectivity index (χ2n) is 6.07. The van der Waals surface area contributed by atoms with E-state index >= 15 is 0 Å². The van der Waals surface area contributed by atoms with Crippen LogP contribution < -0.4 is 0 Å². The van der Waals surface area contributed by atoms with Crippen molar-refractivity contribution in [3.05, 3.63) is 51.5 Å². The smallest absolute Gasteiger partial charge is 0.131 e. The van der Waals surface area contributed by atoms with E-state index in [4.69, 9.17) is 4.98 Å². The van der Waals surface area contributed by atoms with E-state index < -0.39 is 6.10 Å². The van der Waals surface area contributed by atoms with Gasteiger partial charge in [-0.15, -0.1) is 11.3 Å². The first-order valence-corrected chi connectivity index (χ1v) is 7.55. The summed E-state index contributed by atoms with van der Waals surface area (Å²) in [5, 5.41) is 11.3. The van der Waals surface area contributed by atoms with Gasteiger partial charge >= 0.3 is 0 Å². The molecule has 1 heterocycles. The van der Waals surface area contributed by atoms with E-state index in [0.717, 1.165) is 17.0 Å². The van der Waals surface area contributed by atoms with Crippen molar-refractivity contribution in [2.75, 3.05) is 0 Å². The van der Waals surface area contributed by atoms with Crippen molar-refractivity contribution < 1.29 is 5.11 Å². The van der Waals surface area contributed by atoms with Gasteiger partial charge in [0.2, 0.25) is 0 Å². The van der Waals surface area contributed by atoms with Gasteiger partial charge in [0.25, 0.3) is 0 Å². The number of aromatic nitrogens is 1. The summed E-state index contributed by atoms with van der Waals surface area (Å²) in [6, 6.07) is 9.76. The normalized spacial score (nSPS) is 22.2. The zero-order valence-electron chi connectivity index (χ0n) is 11.6. The summed E-state index contributed by atoms with van der Waals surface area (Å²) in [5.41, 5.74) is 2.31. The summed E-state index contributed by atoms with van der Waals surface area (Å²) in [7, 11) is 0. The minimum atomic E-state index is -0.597. The molecule has 0 bridgehead atoms. The molecule has 19 heavy (non-hydrogen) atoms. The highest BCUT2D eigenvalue weighted by Gasteiger charge is 2.38. The Balaban J connectivity index is 1.99. The zero-order chi connectivity index (χ0) is 13.6. The number of aliphatic hydroxyl groups is 1. The molecular weight excluding hydrogens is 254 g/mol. The third-order valence-corrected chi connectivity index (χ3v) is 5.41. The van der Waals surface area contributed by atoms with Crippen molar-refractivity contribution in [3.8, 4) is 0 Å². The molecule has 2 atom stereocenters. The number of rotatable bonds is 2. The van der Waals surface area contributed by atoms with Crippen LogP contribution >= 0.6 is 11.3 Å². The Kier molecular flexibility index (Phi) is 2.99. The van der Waals surface area contributed by atoms with Crippen molar-refractivity contribution in [1.82, 2.24) is 4.98 Å². The number of aliphatic hydroxyl groups excluding tert-OH is 1. The van der Waals surface area contributed by atoms with E-state index in [1.165, 1.54) is 10.6 Å². The topological polar surface area (TPSA) is 33.1 Å². The van der Waals surface area contributed by atoms with Crippen LogP contribution in [0.1, 0.15) is 60.4 Å². The zero-order valence-corrected chi connectivity index (χ0v) is 12.4. The predicted octanol–water partition coefficient (Wildman–Crippen LogP) is 4.01. The quantitative estimate of drug-likeness (QED) is 0.897. The molecular formula is C16H19NOS. The lowest BCUT2D eigenvalue weighted by Crippen LogP contribution is -2.10. The standard InChI is InChI=1S/C16H19NOS/c1-10-9-16(2,3)14-12(10)17-15(19-14)13(18)11-7-5-4-6-8-11/h4-8,10,13,18H,9H2,1-3H3. The predicted molar refractivity (Wildman–Crippen MR) is 78.7 cm³/mol. The molecule has 2 aromatic rings. The Bertz CT molecular complexity index is 588. The molecule has 3 rings (SSSR count). The van der Waals surface area contributed by atoms with E-state index in [1.807, 2.05) is 30.3 Å². The summed E-state index contributed by atoms with van der Waals surface area (Å²) in [5.74, 6) is 0.498. The van der Waals surface area contributed by atoms with Crippen LogP contribution in [-0.2, 0) is 5.41 Å². The van der Waals surface area contributed by atoms with Crippen LogP contribution in [0.4, 0.5) is 0 Å². The molecule has 0 fully saturated rings. The third-order valence-electron chi connectivity index (χ3n) is 3.92. The van der Waals surface area contributed by atoms with Gasteiger partial charge in [0.05, 0.1) is 5.69 Å². The Hall–Kier alpha value is -1.19. The fourth-order valence-electron chi connectivity index (χ4n) is 3.02. The van der Waals surface area contributed by atoms with Crippen molar-refractivity contribution in [2.24, 2.45) is 0 Å². The van der Waals surface area contributed by atoms with E-state index in [0.29, 0.717) is 5.92 Å². The maximum Gasteiger partial charge on any atom is 0.131 e. The van der Waals surface area contributed by atoms with Crippen LogP contribution in [0.15, 0.2) is 30.3 Å². The molecule has 1 N–H and O–H groups in total. The molecule has 3 heteroatoms. The fraction of sp³-hybridized carbons (Fsp3) is 0.438. The lowest BCUT2D eigenvalue weighted by atomic mass is 9.91. The minimum absolute atomic E-state index is 0.196. The fourth-order valence-corrected chi connectivity index (χ4v) is 4.33. The first kappa shape index (κ1) is 12.8. The third kappa shape index (κ3) is 2.11. The minimum Gasteiger partial charge on any atom is -0.381 e. The SMILES string of the molecule is CC1CC(C)(C)c2sc(C(O)c3ccccc3)nc21. The Morgan fingerprint density at radius 2 is 2.00 bits per heavy atom. The lowest BCUT2D eigenvalue weighted by Gasteiger charge is -2.17. The number of nitrogens with zero attached hydrogens (tertiary/aromatic N) is 1. The maximum absolute atomic E-state index is 10.5. The van der Waals surface area contributed by atoms with Crippen LogP contribution in [0.5, 0.6) is 0 Å². The van der Waals surface area contributed by atoms with Gasteiger partial charge in [-0.05, 0) is 12.0 Å². The molecule has 0 aliphatic heterocycles. The second-order valence-corrected chi connectivity index (χ2v) is 7.10. The van der Waals surface area contributed by atoms with Crippen molar-refractivity contribution >= 4 is 11.3 Å². The first-order valence-electron chi connectivity index (χ1n) is 6.73. The lowest BCUT2D eigenvalue weighted by molar-refractivity contribution is 0.219. The molecule has 0 saturated heterocycles. The highest BCUT2D eigenvalue weighted by Crippen LogP contribution is 2.49. The van der Waals surface area contributed by atoms with Gasteiger partial charge in [-0.2, -0.15) is 0 Å². The molecule has 0 spiro atoms. The van der Waals surface area contributed by atoms with Gasteiger partial charge in [-0.25, -0.2) is 4.98 Å². The highest BCUT2D eigenvalue weighted by molar-refractivity contribution is 7.12. The summed E-state index contributed by atoms with van der Waals surface area (Å²) in [6.07, 6.45) is 0.558. The van der Waals surface area contributed by atoms with E-state index in [2.05, 4.69) is 20.8 Å². The Morgan fingerprint density at radius 3 is 2.63 bits per heavy atom. The van der Waals surface area contributed by atoms with E-state index in [-0.39, 0.29) is 5.41 Å². The molecule has 0 radical (unpaired) electrons. The summed E-state index contributed by atoms with van der Waals surface area (Å²) in [4.78, 5) is 6.06. The number of hydrogen-bond donors (Lipinski definition) is 1. The number of fused-ring (bicyclic) bond motifs is 1. The van der Waals surface area contributed by atoms with Gasteiger partial charge in [0, 0.05) is 16.2 Å². The van der Waals surface area contributed by atoms with Crippen LogP contribution in [0, 0.1) is 0 Å². The number of hydrogen-bond acceptors (Lipinski definition) is 3. The van der Waals surface area contributed by atoms with E-state index in [1.54, 1.807) is 11.3 Å². The van der Waals surface area contributed by atoms with E-state index in [9.17, 15) is 5.11 Å². The summed E-state index contributed by atoms with van der Waals surface area (Å²) < 4.78 is 0. The molecule has 1 aliphatic carbocycles. The van der Waals surface area contributed by atoms with Gasteiger partial charge in [0.15, 0.2) is 0 Å². The summed E-state index contributed by atoms with van der Waals surface area (Å²) in [6.45, 7) is 6.77. The Morgan fingerprint density at radius 1 is 1.32 bits per heavy atom. The highest BCUT2D eigenvalue weighted by atomic mass is 32.1. The average Bonchev–Trinajstić information content (AvgIpc) is 2.91. The molecule has 0 saturated carbocycles. The largest absolute Gasteiger partial charge is 0.381 e. The number of benzene rings is 1. The Labute approximate surface area is 118 Å². The van der Waals surface area contributed by atoms with Crippen LogP contribution in [0.25, 0.3) is 0 Å². The molecule has 1 aromatic carbocycles. The monoisotopic (exact) mass is 273 g/mol. The second kappa shape index (κ2) is 4.43. The van der Waals surface area contributed by atoms with Gasteiger partial charge in [-0.1, -0.05) is 51.1 Å². The molecule has 1 aromatic heterocycles. The average molecular weight is 273 g/mol. The van der Waals surface area contributed by atoms with Crippen LogP contribution in [-0.4, -0.2) is 10.1 Å². The van der Waals surface area contributed by atoms with Crippen LogP contribution in [0.3, 0.4) is 0 Å². The molecule has 1 aliphatic rings. The van der Waals surface area contributed by atoms with Gasteiger partial charge in [-0.3, -0.25) is 0 Å². The molecule has 2 unspecified atom stereocenters. The van der Waals surface area contributed by atoms with Crippen molar-refractivity contribution in [3.63, 3.8) is 0 Å². The molecule has 0 amide bonds. The van der Waals surface area contributed by atoms with Crippen molar-refractivity contribution in [1.29, 1.82) is 0 Å².